The van der Waals surface area contributed by atoms with Crippen LogP contribution in [0.3, 0.4) is 0 Å². The number of hydrogen-bond acceptors (Lipinski definition) is 3. The maximum atomic E-state index is 13.2. The third kappa shape index (κ3) is 3.94. The number of para-hydroxylation sites is 1. The molecular formula is C21H26N3OS+. The molecule has 1 amide bonds. The van der Waals surface area contributed by atoms with Crippen molar-refractivity contribution in [3.63, 3.8) is 0 Å². The molecule has 2 aromatic carbocycles. The Kier molecular flexibility index (Phi) is 6.01. The molecule has 0 aliphatic carbocycles. The largest absolute Gasteiger partial charge is 0.338 e. The van der Waals surface area contributed by atoms with Crippen LogP contribution < -0.4 is 4.90 Å². The molecule has 0 radical (unpaired) electrons. The summed E-state index contributed by atoms with van der Waals surface area (Å²) in [6.07, 6.45) is 0. The van der Waals surface area contributed by atoms with Crippen molar-refractivity contribution >= 4 is 27.5 Å². The fourth-order valence-electron chi connectivity index (χ4n) is 3.34. The molecule has 0 fully saturated rings. The molecule has 4 nitrogen and oxygen atoms in total. The van der Waals surface area contributed by atoms with Crippen LogP contribution in [0.1, 0.15) is 30.5 Å². The second kappa shape index (κ2) is 8.43. The molecule has 0 aliphatic rings. The highest BCUT2D eigenvalue weighted by atomic mass is 32.1. The zero-order valence-corrected chi connectivity index (χ0v) is 16.4. The summed E-state index contributed by atoms with van der Waals surface area (Å²) in [6.45, 7) is 6.25. The molecule has 0 saturated carbocycles. The second-order valence-electron chi connectivity index (χ2n) is 6.45. The van der Waals surface area contributed by atoms with Gasteiger partial charge in [-0.25, -0.2) is 4.98 Å². The van der Waals surface area contributed by atoms with Gasteiger partial charge in [0.05, 0.1) is 17.3 Å². The summed E-state index contributed by atoms with van der Waals surface area (Å²) in [5, 5.41) is 1.07. The molecule has 0 spiro atoms. The molecule has 1 aromatic heterocycles. The predicted molar refractivity (Wildman–Crippen MR) is 107 cm³/mol. The molecule has 1 heterocycles. The number of hydrogen-bond donors (Lipinski definition) is 1. The van der Waals surface area contributed by atoms with Crippen LogP contribution in [0.2, 0.25) is 0 Å². The number of aromatic nitrogens is 1. The van der Waals surface area contributed by atoms with Gasteiger partial charge in [-0.1, -0.05) is 42.5 Å². The number of carbonyl (C=O) groups is 1. The first kappa shape index (κ1) is 18.5. The zero-order chi connectivity index (χ0) is 18.5. The number of carbonyl (C=O) groups excluding carboxylic acids is 1. The average Bonchev–Trinajstić information content (AvgIpc) is 3.06. The fourth-order valence-corrected chi connectivity index (χ4v) is 4.40. The summed E-state index contributed by atoms with van der Waals surface area (Å²) >= 11 is 1.71. The van der Waals surface area contributed by atoms with Crippen LogP contribution >= 0.6 is 11.3 Å². The number of rotatable bonds is 7. The molecule has 0 saturated heterocycles. The van der Waals surface area contributed by atoms with Gasteiger partial charge in [0.25, 0.3) is 5.91 Å². The summed E-state index contributed by atoms with van der Waals surface area (Å²) in [4.78, 5) is 21.0. The number of quaternary nitrogens is 1. The van der Waals surface area contributed by atoms with Crippen LogP contribution in [-0.4, -0.2) is 35.9 Å². The van der Waals surface area contributed by atoms with Crippen LogP contribution in [0.25, 0.3) is 10.2 Å². The van der Waals surface area contributed by atoms with E-state index in [1.54, 1.807) is 11.3 Å². The van der Waals surface area contributed by atoms with Gasteiger partial charge in [0, 0.05) is 18.7 Å². The summed E-state index contributed by atoms with van der Waals surface area (Å²) in [6, 6.07) is 18.1. The van der Waals surface area contributed by atoms with Gasteiger partial charge >= 0.3 is 0 Å². The Morgan fingerprint density at radius 1 is 1.08 bits per heavy atom. The highest BCUT2D eigenvalue weighted by Gasteiger charge is 2.32. The Morgan fingerprint density at radius 2 is 1.73 bits per heavy atom. The first-order valence-electron chi connectivity index (χ1n) is 9.14. The van der Waals surface area contributed by atoms with Gasteiger partial charge in [-0.15, -0.1) is 11.3 Å². The number of nitrogens with zero attached hydrogens (tertiary/aromatic N) is 2. The SMILES string of the molecule is CCN(CC)C(=O)[C@@H](c1ccccc1)[NH+](C)Cc1nc2ccccc2s1. The molecule has 0 aliphatic heterocycles. The Bertz CT molecular complexity index is 825. The van der Waals surface area contributed by atoms with Crippen molar-refractivity contribution in [3.8, 4) is 0 Å². The number of amides is 1. The molecule has 136 valence electrons. The van der Waals surface area contributed by atoms with E-state index in [1.807, 2.05) is 67.3 Å². The maximum absolute atomic E-state index is 13.2. The molecule has 1 unspecified atom stereocenters. The summed E-state index contributed by atoms with van der Waals surface area (Å²) in [7, 11) is 2.09. The monoisotopic (exact) mass is 368 g/mol. The van der Waals surface area contributed by atoms with Gasteiger partial charge in [-0.3, -0.25) is 4.79 Å². The molecule has 5 heteroatoms. The van der Waals surface area contributed by atoms with Gasteiger partial charge < -0.3 is 9.80 Å². The van der Waals surface area contributed by atoms with Crippen molar-refractivity contribution in [2.45, 2.75) is 26.4 Å². The van der Waals surface area contributed by atoms with E-state index in [9.17, 15) is 4.79 Å². The maximum Gasteiger partial charge on any atom is 0.285 e. The standard InChI is InChI=1S/C21H25N3OS/c1-4-24(5-2)21(25)20(16-11-7-6-8-12-16)23(3)15-19-22-17-13-9-10-14-18(17)26-19/h6-14,20H,4-5,15H2,1-3H3/p+1/t20-/m1/s1. The average molecular weight is 369 g/mol. The number of nitrogens with one attached hydrogen (secondary N) is 1. The summed E-state index contributed by atoms with van der Waals surface area (Å²) < 4.78 is 1.20. The molecular weight excluding hydrogens is 342 g/mol. The topological polar surface area (TPSA) is 37.6 Å². The van der Waals surface area contributed by atoms with Gasteiger partial charge in [0.2, 0.25) is 0 Å². The minimum absolute atomic E-state index is 0.180. The van der Waals surface area contributed by atoms with Crippen LogP contribution in [-0.2, 0) is 11.3 Å². The van der Waals surface area contributed by atoms with E-state index in [0.717, 1.165) is 40.6 Å². The lowest BCUT2D eigenvalue weighted by Gasteiger charge is -2.29. The van der Waals surface area contributed by atoms with Crippen molar-refractivity contribution in [2.24, 2.45) is 0 Å². The fraction of sp³-hybridized carbons (Fsp3) is 0.333. The number of benzene rings is 2. The summed E-state index contributed by atoms with van der Waals surface area (Å²) in [5.74, 6) is 0.180. The lowest BCUT2D eigenvalue weighted by molar-refractivity contribution is -0.916. The normalized spacial score (nSPS) is 13.5. The lowest BCUT2D eigenvalue weighted by Crippen LogP contribution is -3.09. The van der Waals surface area contributed by atoms with E-state index < -0.39 is 0 Å². The minimum atomic E-state index is -0.219. The van der Waals surface area contributed by atoms with E-state index in [2.05, 4.69) is 13.1 Å². The second-order valence-corrected chi connectivity index (χ2v) is 7.57. The van der Waals surface area contributed by atoms with E-state index in [1.165, 1.54) is 4.70 Å². The smallest absolute Gasteiger partial charge is 0.285 e. The molecule has 3 aromatic rings. The Morgan fingerprint density at radius 3 is 2.38 bits per heavy atom. The lowest BCUT2D eigenvalue weighted by atomic mass is 10.0. The third-order valence-corrected chi connectivity index (χ3v) is 5.75. The molecule has 3 rings (SSSR count). The van der Waals surface area contributed by atoms with Crippen LogP contribution in [0.5, 0.6) is 0 Å². The third-order valence-electron chi connectivity index (χ3n) is 4.72. The Balaban J connectivity index is 1.88. The Hall–Kier alpha value is -2.24. The van der Waals surface area contributed by atoms with E-state index in [0.29, 0.717) is 0 Å². The number of likely N-dealkylation sites (N-methyl/N-ethyl adjacent to an activating group) is 2. The van der Waals surface area contributed by atoms with Crippen molar-refractivity contribution in [2.75, 3.05) is 20.1 Å². The highest BCUT2D eigenvalue weighted by molar-refractivity contribution is 7.18. The van der Waals surface area contributed by atoms with Gasteiger partial charge in [0.1, 0.15) is 11.6 Å². The van der Waals surface area contributed by atoms with Crippen molar-refractivity contribution in [3.05, 3.63) is 65.2 Å². The number of fused-ring (bicyclic) bond motifs is 1. The predicted octanol–water partition coefficient (Wildman–Crippen LogP) is 2.92. The highest BCUT2D eigenvalue weighted by Crippen LogP contribution is 2.21. The van der Waals surface area contributed by atoms with Crippen molar-refractivity contribution < 1.29 is 9.69 Å². The first-order valence-corrected chi connectivity index (χ1v) is 9.96. The van der Waals surface area contributed by atoms with E-state index >= 15 is 0 Å². The van der Waals surface area contributed by atoms with Crippen molar-refractivity contribution in [1.82, 2.24) is 9.88 Å². The molecule has 1 N–H and O–H groups in total. The molecule has 26 heavy (non-hydrogen) atoms. The van der Waals surface area contributed by atoms with Crippen molar-refractivity contribution in [1.29, 1.82) is 0 Å². The zero-order valence-electron chi connectivity index (χ0n) is 15.6. The molecule has 2 atom stereocenters. The van der Waals surface area contributed by atoms with Gasteiger partial charge in [0.15, 0.2) is 6.04 Å². The first-order chi connectivity index (χ1) is 12.6. The van der Waals surface area contributed by atoms with Crippen LogP contribution in [0.4, 0.5) is 0 Å². The minimum Gasteiger partial charge on any atom is -0.338 e. The van der Waals surface area contributed by atoms with E-state index in [4.69, 9.17) is 4.98 Å². The quantitative estimate of drug-likeness (QED) is 0.696. The number of thiazole rings is 1. The van der Waals surface area contributed by atoms with E-state index in [-0.39, 0.29) is 11.9 Å². The van der Waals surface area contributed by atoms with Gasteiger partial charge in [-0.2, -0.15) is 0 Å². The summed E-state index contributed by atoms with van der Waals surface area (Å²) in [5.41, 5.74) is 2.09. The van der Waals surface area contributed by atoms with Crippen LogP contribution in [0, 0.1) is 0 Å². The Labute approximate surface area is 159 Å². The molecule has 0 bridgehead atoms. The van der Waals surface area contributed by atoms with Gasteiger partial charge in [-0.05, 0) is 26.0 Å². The van der Waals surface area contributed by atoms with Crippen LogP contribution in [0.15, 0.2) is 54.6 Å².